The Morgan fingerprint density at radius 3 is 2.47 bits per heavy atom. The fraction of sp³-hybridized carbons (Fsp3) is 0.938. The van der Waals surface area contributed by atoms with E-state index < -0.39 is 0 Å². The lowest BCUT2D eigenvalue weighted by Gasteiger charge is -2.43. The Bertz CT molecular complexity index is 370. The molecule has 3 atom stereocenters. The van der Waals surface area contributed by atoms with Crippen LogP contribution in [0.4, 0.5) is 0 Å². The van der Waals surface area contributed by atoms with Crippen molar-refractivity contribution >= 4 is 5.91 Å². The van der Waals surface area contributed by atoms with E-state index in [1.54, 1.807) is 0 Å². The summed E-state index contributed by atoms with van der Waals surface area (Å²) in [5.41, 5.74) is 0.891. The van der Waals surface area contributed by atoms with Gasteiger partial charge in [0.25, 0.3) is 0 Å². The molecule has 0 spiro atoms. The van der Waals surface area contributed by atoms with Gasteiger partial charge in [-0.1, -0.05) is 20.8 Å². The second-order valence-corrected chi connectivity index (χ2v) is 7.87. The van der Waals surface area contributed by atoms with E-state index in [1.165, 1.54) is 19.3 Å². The molecule has 0 radical (unpaired) electrons. The van der Waals surface area contributed by atoms with Crippen LogP contribution in [-0.4, -0.2) is 25.0 Å². The van der Waals surface area contributed by atoms with Gasteiger partial charge < -0.3 is 10.6 Å². The molecule has 2 N–H and O–H groups in total. The molecule has 108 valence electrons. The van der Waals surface area contributed by atoms with Crippen LogP contribution in [0.25, 0.3) is 0 Å². The molecule has 1 amide bonds. The van der Waals surface area contributed by atoms with E-state index in [-0.39, 0.29) is 5.91 Å². The van der Waals surface area contributed by atoms with Crippen LogP contribution in [0, 0.1) is 22.7 Å². The third kappa shape index (κ3) is 2.31. The lowest BCUT2D eigenvalue weighted by Crippen LogP contribution is -2.52. The van der Waals surface area contributed by atoms with Crippen LogP contribution >= 0.6 is 0 Å². The van der Waals surface area contributed by atoms with Gasteiger partial charge in [-0.3, -0.25) is 4.79 Å². The topological polar surface area (TPSA) is 41.1 Å². The number of hydrogen-bond donors (Lipinski definition) is 2. The number of nitrogens with one attached hydrogen (secondary N) is 2. The van der Waals surface area contributed by atoms with Crippen molar-refractivity contribution in [3.8, 4) is 0 Å². The fourth-order valence-electron chi connectivity index (χ4n) is 4.70. The van der Waals surface area contributed by atoms with Crippen molar-refractivity contribution in [1.29, 1.82) is 0 Å². The lowest BCUT2D eigenvalue weighted by atomic mass is 9.68. The minimum atomic E-state index is 0.264. The first-order chi connectivity index (χ1) is 8.93. The normalized spacial score (nSPS) is 39.5. The highest BCUT2D eigenvalue weighted by molar-refractivity contribution is 5.80. The van der Waals surface area contributed by atoms with Gasteiger partial charge in [0.05, 0.1) is 0 Å². The van der Waals surface area contributed by atoms with Crippen molar-refractivity contribution in [2.75, 3.05) is 13.1 Å². The van der Waals surface area contributed by atoms with E-state index in [4.69, 9.17) is 0 Å². The highest BCUT2D eigenvalue weighted by atomic mass is 16.2. The van der Waals surface area contributed by atoms with Crippen LogP contribution in [0.3, 0.4) is 0 Å². The zero-order valence-electron chi connectivity index (χ0n) is 12.6. The second kappa shape index (κ2) is 4.47. The third-order valence-corrected chi connectivity index (χ3v) is 5.99. The number of fused-ring (bicyclic) bond motifs is 2. The minimum absolute atomic E-state index is 0.264. The van der Waals surface area contributed by atoms with Gasteiger partial charge in [-0.05, 0) is 48.9 Å². The summed E-state index contributed by atoms with van der Waals surface area (Å²) in [6, 6.07) is 0.608. The summed E-state index contributed by atoms with van der Waals surface area (Å²) in [5, 5.41) is 6.79. The molecular weight excluding hydrogens is 236 g/mol. The molecule has 0 heterocycles. The maximum Gasteiger partial charge on any atom is 0.223 e. The molecule has 3 rings (SSSR count). The molecule has 0 aliphatic heterocycles. The van der Waals surface area contributed by atoms with Crippen molar-refractivity contribution < 1.29 is 4.79 Å². The summed E-state index contributed by atoms with van der Waals surface area (Å²) in [5.74, 6) is 1.48. The number of carbonyl (C=O) groups is 1. The van der Waals surface area contributed by atoms with E-state index >= 15 is 0 Å². The van der Waals surface area contributed by atoms with Crippen LogP contribution in [0.5, 0.6) is 0 Å². The van der Waals surface area contributed by atoms with Gasteiger partial charge in [-0.25, -0.2) is 0 Å². The summed E-state index contributed by atoms with van der Waals surface area (Å²) >= 11 is 0. The van der Waals surface area contributed by atoms with Crippen LogP contribution in [-0.2, 0) is 4.79 Å². The molecule has 2 bridgehead atoms. The Balaban J connectivity index is 1.48. The average Bonchev–Trinajstić information content (AvgIpc) is 3.08. The molecule has 3 unspecified atom stereocenters. The van der Waals surface area contributed by atoms with Gasteiger partial charge in [-0.15, -0.1) is 0 Å². The summed E-state index contributed by atoms with van der Waals surface area (Å²) in [4.78, 5) is 11.6. The first-order valence-corrected chi connectivity index (χ1v) is 7.94. The number of hydrogen-bond acceptors (Lipinski definition) is 2. The van der Waals surface area contributed by atoms with E-state index in [0.717, 1.165) is 31.8 Å². The van der Waals surface area contributed by atoms with E-state index in [2.05, 4.69) is 31.4 Å². The SMILES string of the molecule is CC12CCC(C1)C(C)(C)C2NCCNC(=O)C1CC1. The van der Waals surface area contributed by atoms with E-state index in [1.807, 2.05) is 0 Å². The molecule has 0 saturated heterocycles. The van der Waals surface area contributed by atoms with Gasteiger partial charge in [0.2, 0.25) is 5.91 Å². The first kappa shape index (κ1) is 13.4. The van der Waals surface area contributed by atoms with E-state index in [0.29, 0.717) is 22.8 Å². The standard InChI is InChI=1S/C16H28N2O/c1-15(2)12-6-7-16(3,10-12)14(15)18-9-8-17-13(19)11-4-5-11/h11-12,14,18H,4-10H2,1-3H3,(H,17,19). The van der Waals surface area contributed by atoms with Crippen molar-refractivity contribution in [2.45, 2.75) is 58.9 Å². The number of rotatable bonds is 5. The Kier molecular flexibility index (Phi) is 3.16. The largest absolute Gasteiger partial charge is 0.355 e. The van der Waals surface area contributed by atoms with Crippen molar-refractivity contribution in [3.63, 3.8) is 0 Å². The van der Waals surface area contributed by atoms with Gasteiger partial charge in [-0.2, -0.15) is 0 Å². The van der Waals surface area contributed by atoms with Crippen molar-refractivity contribution in [1.82, 2.24) is 10.6 Å². The summed E-state index contributed by atoms with van der Waals surface area (Å²) in [7, 11) is 0. The zero-order chi connectivity index (χ0) is 13.7. The smallest absolute Gasteiger partial charge is 0.223 e. The third-order valence-electron chi connectivity index (χ3n) is 5.99. The summed E-state index contributed by atoms with van der Waals surface area (Å²) in [6.45, 7) is 8.98. The zero-order valence-corrected chi connectivity index (χ0v) is 12.6. The molecule has 0 aromatic rings. The Morgan fingerprint density at radius 1 is 1.16 bits per heavy atom. The predicted octanol–water partition coefficient (Wildman–Crippen LogP) is 2.32. The van der Waals surface area contributed by atoms with Crippen molar-refractivity contribution in [2.24, 2.45) is 22.7 Å². The molecule has 0 aromatic heterocycles. The number of amides is 1. The summed E-state index contributed by atoms with van der Waals surface area (Å²) < 4.78 is 0. The molecule has 3 aliphatic rings. The molecule has 3 saturated carbocycles. The molecule has 3 heteroatoms. The van der Waals surface area contributed by atoms with Gasteiger partial charge in [0.1, 0.15) is 0 Å². The monoisotopic (exact) mass is 264 g/mol. The van der Waals surface area contributed by atoms with Crippen LogP contribution in [0.1, 0.15) is 52.9 Å². The first-order valence-electron chi connectivity index (χ1n) is 7.94. The number of carbonyl (C=O) groups excluding carboxylic acids is 1. The Morgan fingerprint density at radius 2 is 1.89 bits per heavy atom. The Hall–Kier alpha value is -0.570. The van der Waals surface area contributed by atoms with Crippen LogP contribution in [0.2, 0.25) is 0 Å². The molecule has 3 aliphatic carbocycles. The molecule has 3 nitrogen and oxygen atoms in total. The van der Waals surface area contributed by atoms with Crippen molar-refractivity contribution in [3.05, 3.63) is 0 Å². The predicted molar refractivity (Wildman–Crippen MR) is 76.8 cm³/mol. The van der Waals surface area contributed by atoms with Crippen LogP contribution in [0.15, 0.2) is 0 Å². The average molecular weight is 264 g/mol. The molecule has 0 aromatic carbocycles. The maximum absolute atomic E-state index is 11.6. The lowest BCUT2D eigenvalue weighted by molar-refractivity contribution is -0.122. The van der Waals surface area contributed by atoms with Gasteiger partial charge in [0.15, 0.2) is 0 Å². The quantitative estimate of drug-likeness (QED) is 0.748. The highest BCUT2D eigenvalue weighted by Crippen LogP contribution is 2.62. The minimum Gasteiger partial charge on any atom is -0.355 e. The second-order valence-electron chi connectivity index (χ2n) is 7.87. The molecule has 19 heavy (non-hydrogen) atoms. The van der Waals surface area contributed by atoms with Gasteiger partial charge >= 0.3 is 0 Å². The summed E-state index contributed by atoms with van der Waals surface area (Å²) in [6.07, 6.45) is 6.34. The van der Waals surface area contributed by atoms with E-state index in [9.17, 15) is 4.79 Å². The van der Waals surface area contributed by atoms with Gasteiger partial charge in [0, 0.05) is 25.0 Å². The maximum atomic E-state index is 11.6. The highest BCUT2D eigenvalue weighted by Gasteiger charge is 2.58. The molecular formula is C16H28N2O. The van der Waals surface area contributed by atoms with Crippen LogP contribution < -0.4 is 10.6 Å². The molecule has 3 fully saturated rings. The fourth-order valence-corrected chi connectivity index (χ4v) is 4.70. The Labute approximate surface area is 116 Å².